The molecular formula is C25H27N7OS. The Hall–Kier alpha value is -3.01. The number of hydrogen-bond acceptors (Lipinski definition) is 7. The smallest absolute Gasteiger partial charge is 0.224 e. The number of carbonyl (C=O) groups is 1. The Morgan fingerprint density at radius 3 is 2.41 bits per heavy atom. The minimum Gasteiger partial charge on any atom is -0.343 e. The van der Waals surface area contributed by atoms with Crippen LogP contribution in [0.5, 0.6) is 0 Å². The SMILES string of the molecule is O=C(CC1Sc2nnc(C3CC(c4ccccc4)NN3)n2N=C1c1ccccc1)N1CCCC1. The highest BCUT2D eigenvalue weighted by Gasteiger charge is 2.36. The van der Waals surface area contributed by atoms with Crippen molar-refractivity contribution in [3.63, 3.8) is 0 Å². The first kappa shape index (κ1) is 21.5. The number of likely N-dealkylation sites (tertiary alicyclic amines) is 1. The molecule has 34 heavy (non-hydrogen) atoms. The Morgan fingerprint density at radius 2 is 1.65 bits per heavy atom. The Labute approximate surface area is 202 Å². The average Bonchev–Trinajstić information content (AvgIpc) is 3.65. The second-order valence-corrected chi connectivity index (χ2v) is 10.1. The van der Waals surface area contributed by atoms with Crippen molar-refractivity contribution in [2.45, 2.75) is 48.2 Å². The predicted octanol–water partition coefficient (Wildman–Crippen LogP) is 3.30. The second-order valence-electron chi connectivity index (χ2n) is 8.94. The molecular weight excluding hydrogens is 446 g/mol. The zero-order chi connectivity index (χ0) is 22.9. The fourth-order valence-corrected chi connectivity index (χ4v) is 5.99. The van der Waals surface area contributed by atoms with Gasteiger partial charge in [-0.25, -0.2) is 10.9 Å². The van der Waals surface area contributed by atoms with E-state index in [-0.39, 0.29) is 23.2 Å². The van der Waals surface area contributed by atoms with Gasteiger partial charge in [-0.1, -0.05) is 72.4 Å². The number of carbonyl (C=O) groups excluding carboxylic acids is 1. The lowest BCUT2D eigenvalue weighted by atomic mass is 10.0. The number of nitrogens with one attached hydrogen (secondary N) is 2. The molecule has 0 bridgehead atoms. The van der Waals surface area contributed by atoms with Crippen molar-refractivity contribution < 1.29 is 4.79 Å². The molecule has 1 amide bonds. The second kappa shape index (κ2) is 9.32. The largest absolute Gasteiger partial charge is 0.343 e. The summed E-state index contributed by atoms with van der Waals surface area (Å²) < 4.78 is 1.86. The average molecular weight is 474 g/mol. The van der Waals surface area contributed by atoms with Crippen molar-refractivity contribution in [3.05, 3.63) is 77.6 Å². The van der Waals surface area contributed by atoms with Crippen LogP contribution >= 0.6 is 11.8 Å². The molecule has 3 aromatic rings. The highest BCUT2D eigenvalue weighted by Crippen LogP contribution is 2.36. The van der Waals surface area contributed by atoms with E-state index in [4.69, 9.17) is 5.10 Å². The van der Waals surface area contributed by atoms with Crippen LogP contribution in [0.1, 0.15) is 54.7 Å². The highest BCUT2D eigenvalue weighted by molar-refractivity contribution is 8.00. The number of hydrazine groups is 1. The minimum absolute atomic E-state index is 0.0180. The van der Waals surface area contributed by atoms with Crippen molar-refractivity contribution >= 4 is 23.4 Å². The zero-order valence-corrected chi connectivity index (χ0v) is 19.6. The molecule has 0 saturated carbocycles. The number of aromatic nitrogens is 3. The molecule has 9 heteroatoms. The van der Waals surface area contributed by atoms with E-state index in [0.717, 1.165) is 54.6 Å². The summed E-state index contributed by atoms with van der Waals surface area (Å²) in [7, 11) is 0. The van der Waals surface area contributed by atoms with Crippen molar-refractivity contribution in [1.29, 1.82) is 0 Å². The van der Waals surface area contributed by atoms with Crippen LogP contribution in [0.15, 0.2) is 70.9 Å². The molecule has 0 radical (unpaired) electrons. The lowest BCUT2D eigenvalue weighted by Gasteiger charge is -2.25. The fourth-order valence-electron chi connectivity index (χ4n) is 4.89. The van der Waals surface area contributed by atoms with Crippen LogP contribution in [0.3, 0.4) is 0 Å². The standard InChI is InChI=1S/C25H27N7OS/c33-22(31-13-7-8-14-31)16-21-23(18-11-5-2-6-12-18)30-32-24(28-29-25(32)34-21)20-15-19(26-27-20)17-9-3-1-4-10-17/h1-6,9-12,19-21,26-27H,7-8,13-16H2. The van der Waals surface area contributed by atoms with Crippen LogP contribution in [0.25, 0.3) is 0 Å². The summed E-state index contributed by atoms with van der Waals surface area (Å²) in [6, 6.07) is 20.7. The van der Waals surface area contributed by atoms with Crippen molar-refractivity contribution in [2.24, 2.45) is 5.10 Å². The van der Waals surface area contributed by atoms with Gasteiger partial charge < -0.3 is 4.90 Å². The molecule has 3 atom stereocenters. The Morgan fingerprint density at radius 1 is 0.941 bits per heavy atom. The van der Waals surface area contributed by atoms with Gasteiger partial charge in [-0.2, -0.15) is 9.78 Å². The maximum Gasteiger partial charge on any atom is 0.224 e. The van der Waals surface area contributed by atoms with Gasteiger partial charge in [0.05, 0.1) is 17.0 Å². The summed E-state index contributed by atoms with van der Waals surface area (Å²) in [5, 5.41) is 14.6. The van der Waals surface area contributed by atoms with Gasteiger partial charge >= 0.3 is 0 Å². The van der Waals surface area contributed by atoms with Crippen LogP contribution in [0.2, 0.25) is 0 Å². The fraction of sp³-hybridized carbons (Fsp3) is 0.360. The Balaban J connectivity index is 1.29. The van der Waals surface area contributed by atoms with Crippen molar-refractivity contribution in [3.8, 4) is 0 Å². The third-order valence-electron chi connectivity index (χ3n) is 6.70. The van der Waals surface area contributed by atoms with E-state index in [9.17, 15) is 4.79 Å². The van der Waals surface area contributed by atoms with E-state index >= 15 is 0 Å². The first-order chi connectivity index (χ1) is 16.8. The number of rotatable bonds is 5. The van der Waals surface area contributed by atoms with Crippen LogP contribution < -0.4 is 10.9 Å². The number of nitrogens with zero attached hydrogens (tertiary/aromatic N) is 5. The molecule has 0 spiro atoms. The molecule has 2 N–H and O–H groups in total. The van der Waals surface area contributed by atoms with Crippen LogP contribution in [0, 0.1) is 0 Å². The molecule has 1 aromatic heterocycles. The number of thioether (sulfide) groups is 1. The molecule has 3 aliphatic rings. The van der Waals surface area contributed by atoms with Gasteiger partial charge in [-0.15, -0.1) is 10.2 Å². The number of hydrogen-bond donors (Lipinski definition) is 2. The maximum atomic E-state index is 13.0. The molecule has 6 rings (SSSR count). The molecule has 8 nitrogen and oxygen atoms in total. The summed E-state index contributed by atoms with van der Waals surface area (Å²) in [5.41, 5.74) is 9.93. The van der Waals surface area contributed by atoms with Gasteiger partial charge in [-0.05, 0) is 30.4 Å². The van der Waals surface area contributed by atoms with E-state index in [1.54, 1.807) is 11.8 Å². The molecule has 2 fully saturated rings. The summed E-state index contributed by atoms with van der Waals surface area (Å²) in [4.78, 5) is 15.0. The summed E-state index contributed by atoms with van der Waals surface area (Å²) in [6.07, 6.45) is 3.44. The van der Waals surface area contributed by atoms with E-state index in [1.807, 2.05) is 33.8 Å². The van der Waals surface area contributed by atoms with Gasteiger partial charge in [0.2, 0.25) is 11.1 Å². The van der Waals surface area contributed by atoms with Crippen LogP contribution in [-0.4, -0.2) is 49.7 Å². The van der Waals surface area contributed by atoms with Crippen molar-refractivity contribution in [1.82, 2.24) is 30.6 Å². The van der Waals surface area contributed by atoms with E-state index in [2.05, 4.69) is 57.4 Å². The predicted molar refractivity (Wildman–Crippen MR) is 131 cm³/mol. The van der Waals surface area contributed by atoms with E-state index in [1.165, 1.54) is 5.56 Å². The lowest BCUT2D eigenvalue weighted by molar-refractivity contribution is -0.129. The normalized spacial score (nSPS) is 24.2. The number of fused-ring (bicyclic) bond motifs is 1. The Kier molecular flexibility index (Phi) is 5.90. The molecule has 2 saturated heterocycles. The molecule has 3 unspecified atom stereocenters. The van der Waals surface area contributed by atoms with Gasteiger partial charge in [0.25, 0.3) is 0 Å². The quantitative estimate of drug-likeness (QED) is 0.591. The topological polar surface area (TPSA) is 87.4 Å². The van der Waals surface area contributed by atoms with E-state index in [0.29, 0.717) is 6.42 Å². The number of amides is 1. The first-order valence-electron chi connectivity index (χ1n) is 11.9. The van der Waals surface area contributed by atoms with Gasteiger partial charge in [0.15, 0.2) is 5.82 Å². The van der Waals surface area contributed by atoms with Crippen molar-refractivity contribution in [2.75, 3.05) is 13.1 Å². The van der Waals surface area contributed by atoms with Gasteiger partial charge in [0.1, 0.15) is 0 Å². The molecule has 174 valence electrons. The summed E-state index contributed by atoms with van der Waals surface area (Å²) >= 11 is 1.59. The molecule has 3 aliphatic heterocycles. The third kappa shape index (κ3) is 4.15. The third-order valence-corrected chi connectivity index (χ3v) is 7.84. The monoisotopic (exact) mass is 473 g/mol. The van der Waals surface area contributed by atoms with Crippen LogP contribution in [0.4, 0.5) is 0 Å². The summed E-state index contributed by atoms with van der Waals surface area (Å²) in [6.45, 7) is 1.72. The zero-order valence-electron chi connectivity index (χ0n) is 18.8. The Bertz CT molecular complexity index is 1190. The molecule has 4 heterocycles. The lowest BCUT2D eigenvalue weighted by Crippen LogP contribution is -2.34. The van der Waals surface area contributed by atoms with Gasteiger partial charge in [-0.3, -0.25) is 4.79 Å². The summed E-state index contributed by atoms with van der Waals surface area (Å²) in [5.74, 6) is 0.977. The number of benzene rings is 2. The van der Waals surface area contributed by atoms with Gasteiger partial charge in [0, 0.05) is 25.6 Å². The highest BCUT2D eigenvalue weighted by atomic mass is 32.2. The van der Waals surface area contributed by atoms with Crippen LogP contribution in [-0.2, 0) is 4.79 Å². The minimum atomic E-state index is -0.0909. The maximum absolute atomic E-state index is 13.0. The van der Waals surface area contributed by atoms with E-state index < -0.39 is 0 Å². The molecule has 2 aromatic carbocycles. The first-order valence-corrected chi connectivity index (χ1v) is 12.7. The molecule has 0 aliphatic carbocycles.